The van der Waals surface area contributed by atoms with Gasteiger partial charge < -0.3 is 23.7 Å². The summed E-state index contributed by atoms with van der Waals surface area (Å²) in [6, 6.07) is 53.2. The molecule has 0 fully saturated rings. The zero-order chi connectivity index (χ0) is 37.0. The number of aryl methyl sites for hydroxylation is 3. The molecule has 56 heavy (non-hydrogen) atoms. The molecule has 0 aliphatic carbocycles. The van der Waals surface area contributed by atoms with Crippen molar-refractivity contribution in [2.24, 2.45) is 0 Å². The van der Waals surface area contributed by atoms with Crippen molar-refractivity contribution in [1.82, 2.24) is 19.1 Å². The van der Waals surface area contributed by atoms with Gasteiger partial charge in [0.05, 0.1) is 5.82 Å². The third kappa shape index (κ3) is 5.96. The van der Waals surface area contributed by atoms with Crippen LogP contribution in [0.15, 0.2) is 152 Å². The molecule has 0 saturated heterocycles. The molecule has 0 spiro atoms. The van der Waals surface area contributed by atoms with Gasteiger partial charge >= 0.3 is 0 Å². The number of ether oxygens (including phenoxy) is 1. The predicted molar refractivity (Wildman–Crippen MR) is 221 cm³/mol. The second kappa shape index (κ2) is 14.3. The summed E-state index contributed by atoms with van der Waals surface area (Å²) in [6.07, 6.45) is 5.46. The number of para-hydroxylation sites is 4. The molecule has 0 radical (unpaired) electrons. The third-order valence-electron chi connectivity index (χ3n) is 10.2. The summed E-state index contributed by atoms with van der Waals surface area (Å²) in [4.78, 5) is 13.8. The van der Waals surface area contributed by atoms with E-state index >= 15 is 0 Å². The average molecular weight is 907 g/mol. The fourth-order valence-electron chi connectivity index (χ4n) is 8.04. The summed E-state index contributed by atoms with van der Waals surface area (Å²) in [5.74, 6) is 2.61. The van der Waals surface area contributed by atoms with Crippen molar-refractivity contribution in [3.63, 3.8) is 0 Å². The van der Waals surface area contributed by atoms with E-state index in [4.69, 9.17) is 4.74 Å². The van der Waals surface area contributed by atoms with Crippen molar-refractivity contribution in [3.05, 3.63) is 188 Å². The molecule has 10 rings (SSSR count). The van der Waals surface area contributed by atoms with Crippen LogP contribution in [0.5, 0.6) is 11.5 Å². The van der Waals surface area contributed by atoms with Crippen LogP contribution in [0.4, 0.5) is 22.7 Å². The van der Waals surface area contributed by atoms with E-state index in [9.17, 15) is 0 Å². The minimum atomic E-state index is 0. The van der Waals surface area contributed by atoms with Crippen LogP contribution in [0, 0.1) is 39.6 Å². The Morgan fingerprint density at radius 1 is 0.625 bits per heavy atom. The zero-order valence-corrected chi connectivity index (χ0v) is 33.2. The van der Waals surface area contributed by atoms with Gasteiger partial charge in [0, 0.05) is 79.4 Å². The third-order valence-corrected chi connectivity index (χ3v) is 10.2. The molecule has 1 aliphatic heterocycles. The molecule has 0 N–H and O–H groups in total. The molecule has 0 atom stereocenters. The largest absolute Gasteiger partial charge is 0.503 e. The maximum atomic E-state index is 6.78. The second-order valence-electron chi connectivity index (χ2n) is 13.9. The molecule has 0 amide bonds. The molecule has 1 aliphatic rings. The Morgan fingerprint density at radius 3 is 2.14 bits per heavy atom. The molecule has 0 unspecified atom stereocenters. The smallest absolute Gasteiger partial charge is 0.129 e. The van der Waals surface area contributed by atoms with Crippen LogP contribution in [-0.4, -0.2) is 19.1 Å². The van der Waals surface area contributed by atoms with Crippen LogP contribution >= 0.6 is 0 Å². The Balaban J connectivity index is 0.00000410. The number of pyridine rings is 1. The normalized spacial score (nSPS) is 12.3. The first-order chi connectivity index (χ1) is 27.0. The summed E-state index contributed by atoms with van der Waals surface area (Å²) in [5.41, 5.74) is 11.9. The first-order valence-electron chi connectivity index (χ1n) is 18.3. The van der Waals surface area contributed by atoms with Crippen LogP contribution in [0.25, 0.3) is 44.7 Å². The number of rotatable bonds is 7. The molecule has 276 valence electrons. The Bertz CT molecular complexity index is 2860. The summed E-state index contributed by atoms with van der Waals surface area (Å²) in [5, 5.41) is 2.20. The van der Waals surface area contributed by atoms with Gasteiger partial charge in [0.2, 0.25) is 0 Å². The summed E-state index contributed by atoms with van der Waals surface area (Å²) < 4.78 is 11.0. The van der Waals surface area contributed by atoms with Gasteiger partial charge in [-0.25, -0.2) is 4.98 Å². The molecule has 9 aromatic rings. The van der Waals surface area contributed by atoms with E-state index in [0.717, 1.165) is 61.8 Å². The maximum absolute atomic E-state index is 6.78. The van der Waals surface area contributed by atoms with Gasteiger partial charge in [-0.15, -0.1) is 42.6 Å². The number of hydrogen-bond acceptors (Lipinski definition) is 5. The Labute approximate surface area is 340 Å². The van der Waals surface area contributed by atoms with Crippen molar-refractivity contribution in [2.45, 2.75) is 20.8 Å². The van der Waals surface area contributed by atoms with Crippen molar-refractivity contribution in [1.29, 1.82) is 0 Å². The summed E-state index contributed by atoms with van der Waals surface area (Å²) in [7, 11) is 0. The fourth-order valence-corrected chi connectivity index (χ4v) is 8.04. The van der Waals surface area contributed by atoms with Crippen molar-refractivity contribution in [2.75, 3.05) is 9.80 Å². The number of anilines is 4. The number of hydrogen-bond donors (Lipinski definition) is 0. The quantitative estimate of drug-likeness (QED) is 0.149. The number of aromatic nitrogens is 4. The fraction of sp³-hybridized carbons (Fsp3) is 0.0625. The minimum absolute atomic E-state index is 0. The van der Waals surface area contributed by atoms with Gasteiger partial charge in [0.15, 0.2) is 0 Å². The van der Waals surface area contributed by atoms with Crippen LogP contribution in [0.2, 0.25) is 0 Å². The molecular weight excluding hydrogens is 872 g/mol. The number of fused-ring (bicyclic) bond motifs is 4. The van der Waals surface area contributed by atoms with Gasteiger partial charge in [-0.3, -0.25) is 4.98 Å². The van der Waals surface area contributed by atoms with Gasteiger partial charge in [-0.2, -0.15) is 0 Å². The molecule has 6 aromatic carbocycles. The molecule has 0 saturated carbocycles. The Hall–Kier alpha value is -6.43. The molecular formula is C48H35N6OPt-3. The topological polar surface area (TPSA) is 51.4 Å². The van der Waals surface area contributed by atoms with E-state index in [1.807, 2.05) is 53.2 Å². The monoisotopic (exact) mass is 906 g/mol. The van der Waals surface area contributed by atoms with Gasteiger partial charge in [0.1, 0.15) is 5.82 Å². The molecule has 3 aromatic heterocycles. The summed E-state index contributed by atoms with van der Waals surface area (Å²) in [6.45, 7) is 8.73. The first kappa shape index (κ1) is 35.3. The number of benzene rings is 6. The van der Waals surface area contributed by atoms with Crippen molar-refractivity contribution >= 4 is 44.6 Å². The van der Waals surface area contributed by atoms with E-state index in [0.29, 0.717) is 11.5 Å². The number of nitrogens with zero attached hydrogens (tertiary/aromatic N) is 6. The Morgan fingerprint density at radius 2 is 1.36 bits per heavy atom. The predicted octanol–water partition coefficient (Wildman–Crippen LogP) is 11.8. The second-order valence-corrected chi connectivity index (χ2v) is 13.9. The SMILES string of the molecule is Cc1cc(C)c(N2[CH-]N(c3[c-]c(Oc4[c-]c(-c5nccn5-c5ccccn5)ccc4)cc4c3c3ccccc3n4-c3ccccc3)c3ccccc32)c(C)c1.[Pt]. The van der Waals surface area contributed by atoms with E-state index in [2.05, 4.69) is 155 Å². The molecule has 7 nitrogen and oxygen atoms in total. The van der Waals surface area contributed by atoms with E-state index in [-0.39, 0.29) is 21.1 Å². The zero-order valence-electron chi connectivity index (χ0n) is 30.9. The standard InChI is InChI=1S/C48H35N6O.Pt/c1-32-26-33(2)47(34(3)27-32)53-31-52(41-20-9-10-21-42(41)53)43-29-38(30-44-46(43)39-18-7-8-19-40(39)54(44)36-15-5-4-6-16-36)55-37-17-13-14-35(28-37)48-50-24-25-51(48)45-22-11-12-23-49-45;/h4-27,30-31H,1-3H3;/q-3;. The van der Waals surface area contributed by atoms with Crippen LogP contribution in [0.1, 0.15) is 16.7 Å². The molecule has 4 heterocycles. The van der Waals surface area contributed by atoms with Crippen LogP contribution in [0.3, 0.4) is 0 Å². The van der Waals surface area contributed by atoms with Crippen molar-refractivity contribution in [3.8, 4) is 34.4 Å². The van der Waals surface area contributed by atoms with E-state index in [1.54, 1.807) is 12.4 Å². The van der Waals surface area contributed by atoms with Crippen LogP contribution < -0.4 is 14.5 Å². The Kier molecular flexibility index (Phi) is 9.03. The average Bonchev–Trinajstić information content (AvgIpc) is 3.93. The molecule has 8 heteroatoms. The number of imidazole rings is 1. The van der Waals surface area contributed by atoms with E-state index in [1.165, 1.54) is 22.4 Å². The summed E-state index contributed by atoms with van der Waals surface area (Å²) >= 11 is 0. The molecule has 0 bridgehead atoms. The minimum Gasteiger partial charge on any atom is -0.503 e. The van der Waals surface area contributed by atoms with Gasteiger partial charge in [-0.05, 0) is 85.3 Å². The van der Waals surface area contributed by atoms with E-state index < -0.39 is 0 Å². The van der Waals surface area contributed by atoms with Crippen molar-refractivity contribution < 1.29 is 25.8 Å². The maximum Gasteiger partial charge on any atom is 0.129 e. The first-order valence-corrected chi connectivity index (χ1v) is 18.3. The van der Waals surface area contributed by atoms with Crippen LogP contribution in [-0.2, 0) is 21.1 Å². The van der Waals surface area contributed by atoms with Gasteiger partial charge in [0.25, 0.3) is 0 Å². The van der Waals surface area contributed by atoms with Gasteiger partial charge in [-0.1, -0.05) is 89.4 Å².